The molecule has 0 saturated carbocycles. The number of anilines is 1. The molecule has 7 nitrogen and oxygen atoms in total. The van der Waals surface area contributed by atoms with E-state index in [-0.39, 0.29) is 16.5 Å². The summed E-state index contributed by atoms with van der Waals surface area (Å²) in [6.07, 6.45) is 1.65. The minimum atomic E-state index is -2.90. The first-order valence-corrected chi connectivity index (χ1v) is 9.64. The van der Waals surface area contributed by atoms with E-state index in [1.165, 1.54) is 30.3 Å². The van der Waals surface area contributed by atoms with Gasteiger partial charge in [-0.2, -0.15) is 19.0 Å². The monoisotopic (exact) mass is 461 g/mol. The molecule has 0 unspecified atom stereocenters. The number of aromatic nitrogens is 4. The van der Waals surface area contributed by atoms with Crippen molar-refractivity contribution in [3.05, 3.63) is 82.9 Å². The largest absolute Gasteiger partial charge is 0.435 e. The molecule has 1 amide bonds. The van der Waals surface area contributed by atoms with E-state index in [9.17, 15) is 18.0 Å². The topological polar surface area (TPSA) is 84.8 Å². The Balaban J connectivity index is 1.40. The molecular formula is C21H15ClF3N5O2. The number of halogens is 4. The van der Waals surface area contributed by atoms with Gasteiger partial charge in [-0.15, -0.1) is 0 Å². The van der Waals surface area contributed by atoms with Crippen molar-refractivity contribution in [2.75, 3.05) is 5.32 Å². The van der Waals surface area contributed by atoms with Crippen molar-refractivity contribution in [2.45, 2.75) is 13.2 Å². The number of hydrogen-bond donors (Lipinski definition) is 2. The lowest BCUT2D eigenvalue weighted by molar-refractivity contribution is -0.0498. The fourth-order valence-corrected chi connectivity index (χ4v) is 3.14. The number of carbonyl (C=O) groups excluding carboxylic acids is 1. The maximum absolute atomic E-state index is 13.2. The van der Waals surface area contributed by atoms with E-state index in [1.54, 1.807) is 35.1 Å². The molecule has 2 N–H and O–H groups in total. The minimum Gasteiger partial charge on any atom is -0.435 e. The van der Waals surface area contributed by atoms with Gasteiger partial charge in [-0.3, -0.25) is 14.6 Å². The van der Waals surface area contributed by atoms with Crippen molar-refractivity contribution >= 4 is 23.3 Å². The first kappa shape index (κ1) is 21.4. The quantitative estimate of drug-likeness (QED) is 0.407. The number of carbonyl (C=O) groups is 1. The number of amides is 1. The molecule has 32 heavy (non-hydrogen) atoms. The number of alkyl halides is 2. The predicted molar refractivity (Wildman–Crippen MR) is 111 cm³/mol. The van der Waals surface area contributed by atoms with Crippen LogP contribution in [-0.4, -0.2) is 32.5 Å². The highest BCUT2D eigenvalue weighted by molar-refractivity contribution is 6.31. The van der Waals surface area contributed by atoms with Gasteiger partial charge in [0.25, 0.3) is 5.91 Å². The molecule has 0 bridgehead atoms. The Morgan fingerprint density at radius 3 is 2.66 bits per heavy atom. The lowest BCUT2D eigenvalue weighted by atomic mass is 10.1. The predicted octanol–water partition coefficient (Wildman–Crippen LogP) is 4.97. The summed E-state index contributed by atoms with van der Waals surface area (Å²) in [6.45, 7) is -2.60. The molecule has 0 fully saturated rings. The Kier molecular flexibility index (Phi) is 6.13. The van der Waals surface area contributed by atoms with Crippen LogP contribution in [0.25, 0.3) is 11.3 Å². The number of aromatic amines is 1. The smallest absolute Gasteiger partial charge is 0.387 e. The maximum atomic E-state index is 13.2. The molecule has 2 heterocycles. The summed E-state index contributed by atoms with van der Waals surface area (Å²) >= 11 is 6.03. The first-order chi connectivity index (χ1) is 15.4. The molecule has 0 aliphatic heterocycles. The third kappa shape index (κ3) is 5.09. The van der Waals surface area contributed by atoms with E-state index in [4.69, 9.17) is 11.6 Å². The fourth-order valence-electron chi connectivity index (χ4n) is 2.92. The second kappa shape index (κ2) is 9.15. The summed E-state index contributed by atoms with van der Waals surface area (Å²) in [5.41, 5.74) is 1.93. The van der Waals surface area contributed by atoms with Crippen LogP contribution in [0.3, 0.4) is 0 Å². The number of nitrogens with zero attached hydrogens (tertiary/aromatic N) is 3. The summed E-state index contributed by atoms with van der Waals surface area (Å²) in [5.74, 6) is -0.567. The number of rotatable bonds is 7. The van der Waals surface area contributed by atoms with Gasteiger partial charge in [0.15, 0.2) is 5.82 Å². The fraction of sp³-hybridized carbons (Fsp3) is 0.0952. The Labute approximate surface area is 184 Å². The Bertz CT molecular complexity index is 1240. The van der Waals surface area contributed by atoms with Crippen LogP contribution in [0.15, 0.2) is 60.8 Å². The summed E-state index contributed by atoms with van der Waals surface area (Å²) in [6, 6.07) is 13.1. The normalized spacial score (nSPS) is 11.0. The molecule has 0 saturated heterocycles. The van der Waals surface area contributed by atoms with Gasteiger partial charge >= 0.3 is 6.61 Å². The average molecular weight is 462 g/mol. The van der Waals surface area contributed by atoms with Gasteiger partial charge in [0.1, 0.15) is 17.3 Å². The zero-order valence-electron chi connectivity index (χ0n) is 16.2. The molecular weight excluding hydrogens is 447 g/mol. The van der Waals surface area contributed by atoms with Crippen LogP contribution in [0.4, 0.5) is 19.0 Å². The van der Waals surface area contributed by atoms with E-state index in [0.29, 0.717) is 29.2 Å². The summed E-state index contributed by atoms with van der Waals surface area (Å²) in [4.78, 5) is 12.5. The van der Waals surface area contributed by atoms with Crippen molar-refractivity contribution in [3.63, 3.8) is 0 Å². The van der Waals surface area contributed by atoms with Crippen LogP contribution >= 0.6 is 11.6 Å². The lowest BCUT2D eigenvalue weighted by Gasteiger charge is -2.05. The van der Waals surface area contributed by atoms with Crippen molar-refractivity contribution in [3.8, 4) is 17.0 Å². The number of H-pyrrole nitrogens is 1. The zero-order chi connectivity index (χ0) is 22.7. The van der Waals surface area contributed by atoms with Crippen LogP contribution in [0, 0.1) is 5.82 Å². The van der Waals surface area contributed by atoms with Gasteiger partial charge in [-0.1, -0.05) is 17.7 Å². The lowest BCUT2D eigenvalue weighted by Crippen LogP contribution is -2.13. The van der Waals surface area contributed by atoms with Crippen LogP contribution in [0.5, 0.6) is 5.75 Å². The second-order valence-corrected chi connectivity index (χ2v) is 7.07. The average Bonchev–Trinajstić information content (AvgIpc) is 3.40. The molecule has 0 aliphatic rings. The molecule has 0 aliphatic carbocycles. The third-order valence-electron chi connectivity index (χ3n) is 4.43. The van der Waals surface area contributed by atoms with Gasteiger partial charge in [-0.05, 0) is 48.0 Å². The van der Waals surface area contributed by atoms with Crippen molar-refractivity contribution < 1.29 is 22.7 Å². The summed E-state index contributed by atoms with van der Waals surface area (Å²) in [5, 5.41) is 13.9. The van der Waals surface area contributed by atoms with E-state index in [1.807, 2.05) is 0 Å². The number of ether oxygens (including phenoxy) is 1. The Morgan fingerprint density at radius 1 is 1.16 bits per heavy atom. The highest BCUT2D eigenvalue weighted by Crippen LogP contribution is 2.23. The van der Waals surface area contributed by atoms with Crippen molar-refractivity contribution in [2.24, 2.45) is 0 Å². The van der Waals surface area contributed by atoms with Gasteiger partial charge in [0.05, 0.1) is 12.2 Å². The van der Waals surface area contributed by atoms with Crippen molar-refractivity contribution in [1.29, 1.82) is 0 Å². The molecule has 164 valence electrons. The molecule has 0 atom stereocenters. The highest BCUT2D eigenvalue weighted by Gasteiger charge is 2.14. The minimum absolute atomic E-state index is 0.0229. The van der Waals surface area contributed by atoms with Gasteiger partial charge in [-0.25, -0.2) is 4.39 Å². The van der Waals surface area contributed by atoms with Crippen LogP contribution in [-0.2, 0) is 6.54 Å². The molecule has 2 aromatic carbocycles. The van der Waals surface area contributed by atoms with Crippen LogP contribution in [0.2, 0.25) is 5.02 Å². The second-order valence-electron chi connectivity index (χ2n) is 6.66. The van der Waals surface area contributed by atoms with Crippen molar-refractivity contribution in [1.82, 2.24) is 20.0 Å². The van der Waals surface area contributed by atoms with Crippen LogP contribution < -0.4 is 10.1 Å². The molecule has 0 spiro atoms. The Hall–Kier alpha value is -3.79. The Morgan fingerprint density at radius 2 is 1.94 bits per heavy atom. The van der Waals surface area contributed by atoms with Gasteiger partial charge in [0, 0.05) is 22.8 Å². The van der Waals surface area contributed by atoms with Gasteiger partial charge < -0.3 is 10.1 Å². The molecule has 11 heteroatoms. The van der Waals surface area contributed by atoms with E-state index in [0.717, 1.165) is 0 Å². The first-order valence-electron chi connectivity index (χ1n) is 9.27. The van der Waals surface area contributed by atoms with E-state index in [2.05, 4.69) is 25.3 Å². The molecule has 4 aromatic rings. The van der Waals surface area contributed by atoms with E-state index >= 15 is 0 Å². The summed E-state index contributed by atoms with van der Waals surface area (Å²) < 4.78 is 43.5. The number of hydrogen-bond acceptors (Lipinski definition) is 4. The van der Waals surface area contributed by atoms with Crippen LogP contribution in [0.1, 0.15) is 16.1 Å². The third-order valence-corrected chi connectivity index (χ3v) is 4.78. The standard InChI is InChI=1S/C21H15ClF3N5O2/c22-16-9-14(23)4-1-13(16)11-30-8-7-19(29-30)26-20(31)18-10-17(27-28-18)12-2-5-15(6-3-12)32-21(24)25/h1-10,21H,11H2,(H,27,28)(H,26,29,31). The number of nitrogens with one attached hydrogen (secondary N) is 2. The summed E-state index contributed by atoms with van der Waals surface area (Å²) in [7, 11) is 0. The molecule has 4 rings (SSSR count). The maximum Gasteiger partial charge on any atom is 0.387 e. The zero-order valence-corrected chi connectivity index (χ0v) is 17.0. The molecule has 2 aromatic heterocycles. The highest BCUT2D eigenvalue weighted by atomic mass is 35.5. The van der Waals surface area contributed by atoms with E-state index < -0.39 is 18.3 Å². The number of benzene rings is 2. The SMILES string of the molecule is O=C(Nc1ccn(Cc2ccc(F)cc2Cl)n1)c1cc(-c2ccc(OC(F)F)cc2)n[nH]1. The molecule has 0 radical (unpaired) electrons. The van der Waals surface area contributed by atoms with Gasteiger partial charge in [0.2, 0.25) is 0 Å².